The standard InChI is InChI=1S/C30H51NO4/c1-5-21-25-17-20(32)11-13-30(25,4)24-12-14-29(3)22(9-10-23(29)26(24)27(21)33)19(2)18-35-28(34)31-15-7-6-8-16-31/h19-27,32-33H,5-18H2,1-4H3/t19-,20-,21-,22-,23+,24+,25+,26+,27-,29-,30-/m1/s1. The molecule has 0 spiro atoms. The van der Waals surface area contributed by atoms with Crippen molar-refractivity contribution >= 4 is 6.09 Å². The number of piperidine rings is 1. The van der Waals surface area contributed by atoms with Crippen LogP contribution in [0.15, 0.2) is 0 Å². The summed E-state index contributed by atoms with van der Waals surface area (Å²) in [5.74, 6) is 3.16. The molecule has 1 aliphatic heterocycles. The molecule has 0 unspecified atom stereocenters. The molecule has 4 saturated carbocycles. The fourth-order valence-electron chi connectivity index (χ4n) is 10.4. The minimum Gasteiger partial charge on any atom is -0.449 e. The number of ether oxygens (including phenoxy) is 1. The molecule has 5 fully saturated rings. The summed E-state index contributed by atoms with van der Waals surface area (Å²) in [6.07, 6.45) is 11.6. The van der Waals surface area contributed by atoms with Gasteiger partial charge in [0, 0.05) is 13.1 Å². The Hall–Kier alpha value is -0.810. The van der Waals surface area contributed by atoms with Gasteiger partial charge in [0.1, 0.15) is 0 Å². The molecule has 5 heteroatoms. The Morgan fingerprint density at radius 2 is 1.66 bits per heavy atom. The van der Waals surface area contributed by atoms with Crippen molar-refractivity contribution in [3.8, 4) is 0 Å². The van der Waals surface area contributed by atoms with Crippen LogP contribution in [-0.4, -0.2) is 53.1 Å². The van der Waals surface area contributed by atoms with Gasteiger partial charge in [0.15, 0.2) is 0 Å². The lowest BCUT2D eigenvalue weighted by molar-refractivity contribution is -0.203. The van der Waals surface area contributed by atoms with Gasteiger partial charge in [-0.2, -0.15) is 0 Å². The molecule has 11 atom stereocenters. The van der Waals surface area contributed by atoms with Crippen molar-refractivity contribution in [2.24, 2.45) is 52.3 Å². The van der Waals surface area contributed by atoms with E-state index in [0.717, 1.165) is 51.6 Å². The molecule has 5 nitrogen and oxygen atoms in total. The molecular weight excluding hydrogens is 438 g/mol. The Balaban J connectivity index is 1.31. The summed E-state index contributed by atoms with van der Waals surface area (Å²) in [7, 11) is 0. The van der Waals surface area contributed by atoms with Crippen LogP contribution >= 0.6 is 0 Å². The second kappa shape index (κ2) is 9.82. The fourth-order valence-corrected chi connectivity index (χ4v) is 10.4. The average Bonchev–Trinajstić information content (AvgIpc) is 3.21. The number of rotatable bonds is 4. The summed E-state index contributed by atoms with van der Waals surface area (Å²) >= 11 is 0. The van der Waals surface area contributed by atoms with E-state index in [1.54, 1.807) is 0 Å². The van der Waals surface area contributed by atoms with E-state index >= 15 is 0 Å². The fraction of sp³-hybridized carbons (Fsp3) is 0.967. The average molecular weight is 490 g/mol. The normalized spacial score (nSPS) is 48.5. The highest BCUT2D eigenvalue weighted by atomic mass is 16.6. The number of hydrogen-bond donors (Lipinski definition) is 2. The number of likely N-dealkylation sites (tertiary alicyclic amines) is 1. The maximum atomic E-state index is 12.6. The lowest BCUT2D eigenvalue weighted by Crippen LogP contribution is -2.62. The SMILES string of the molecule is CC[C@H]1[C@@H](O)[C@@H]2[C@H](CC[C@]3(C)[C@@H]([C@H](C)COC(=O)N4CCCCC4)CC[C@@H]23)[C@@]2(C)CC[C@@H](O)C[C@@H]12. The minimum absolute atomic E-state index is 0.119. The van der Waals surface area contributed by atoms with E-state index < -0.39 is 0 Å². The molecule has 5 aliphatic rings. The predicted octanol–water partition coefficient (Wildman–Crippen LogP) is 5.87. The van der Waals surface area contributed by atoms with Crippen molar-refractivity contribution in [3.05, 3.63) is 0 Å². The Bertz CT molecular complexity index is 767. The number of nitrogens with zero attached hydrogens (tertiary/aromatic N) is 1. The first-order valence-corrected chi connectivity index (χ1v) is 15.0. The largest absolute Gasteiger partial charge is 0.449 e. The molecule has 1 amide bonds. The van der Waals surface area contributed by atoms with Gasteiger partial charge < -0.3 is 19.8 Å². The predicted molar refractivity (Wildman–Crippen MR) is 138 cm³/mol. The molecule has 0 aromatic carbocycles. The quantitative estimate of drug-likeness (QED) is 0.518. The number of aliphatic hydroxyl groups is 2. The summed E-state index contributed by atoms with van der Waals surface area (Å²) in [5.41, 5.74) is 0.466. The summed E-state index contributed by atoms with van der Waals surface area (Å²) < 4.78 is 5.85. The van der Waals surface area contributed by atoms with Gasteiger partial charge >= 0.3 is 6.09 Å². The molecule has 4 aliphatic carbocycles. The van der Waals surface area contributed by atoms with Crippen LogP contribution in [0.5, 0.6) is 0 Å². The summed E-state index contributed by atoms with van der Waals surface area (Å²) in [6.45, 7) is 11.7. The smallest absolute Gasteiger partial charge is 0.409 e. The molecule has 35 heavy (non-hydrogen) atoms. The summed E-state index contributed by atoms with van der Waals surface area (Å²) in [5, 5.41) is 22.4. The lowest BCUT2D eigenvalue weighted by Gasteiger charge is -2.64. The van der Waals surface area contributed by atoms with Crippen LogP contribution in [0, 0.1) is 52.3 Å². The van der Waals surface area contributed by atoms with Crippen molar-refractivity contribution in [1.29, 1.82) is 0 Å². The number of hydrogen-bond acceptors (Lipinski definition) is 4. The molecule has 1 heterocycles. The van der Waals surface area contributed by atoms with Crippen LogP contribution in [-0.2, 0) is 4.74 Å². The second-order valence-electron chi connectivity index (χ2n) is 13.7. The number of fused-ring (bicyclic) bond motifs is 5. The van der Waals surface area contributed by atoms with E-state index in [-0.39, 0.29) is 29.1 Å². The van der Waals surface area contributed by atoms with Crippen LogP contribution in [0.4, 0.5) is 4.79 Å². The van der Waals surface area contributed by atoms with Gasteiger partial charge in [0.05, 0.1) is 18.8 Å². The Morgan fingerprint density at radius 1 is 0.971 bits per heavy atom. The molecular formula is C30H51NO4. The van der Waals surface area contributed by atoms with Crippen molar-refractivity contribution in [1.82, 2.24) is 4.90 Å². The van der Waals surface area contributed by atoms with E-state index in [2.05, 4.69) is 27.7 Å². The first-order chi connectivity index (χ1) is 16.7. The van der Waals surface area contributed by atoms with Gasteiger partial charge in [-0.05, 0) is 116 Å². The summed E-state index contributed by atoms with van der Waals surface area (Å²) in [4.78, 5) is 14.5. The van der Waals surface area contributed by atoms with E-state index in [1.165, 1.54) is 32.1 Å². The second-order valence-corrected chi connectivity index (χ2v) is 13.7. The molecule has 2 N–H and O–H groups in total. The highest BCUT2D eigenvalue weighted by molar-refractivity contribution is 5.67. The van der Waals surface area contributed by atoms with E-state index in [4.69, 9.17) is 4.74 Å². The topological polar surface area (TPSA) is 70.0 Å². The third kappa shape index (κ3) is 4.25. The number of amides is 1. The zero-order chi connectivity index (χ0) is 25.0. The molecule has 200 valence electrons. The number of carbonyl (C=O) groups excluding carboxylic acids is 1. The third-order valence-electron chi connectivity index (χ3n) is 12.2. The highest BCUT2D eigenvalue weighted by Crippen LogP contribution is 2.69. The van der Waals surface area contributed by atoms with Gasteiger partial charge in [-0.1, -0.05) is 34.1 Å². The van der Waals surface area contributed by atoms with Crippen LogP contribution in [0.1, 0.15) is 98.3 Å². The molecule has 0 aromatic heterocycles. The maximum absolute atomic E-state index is 12.6. The van der Waals surface area contributed by atoms with E-state index in [0.29, 0.717) is 48.0 Å². The Labute approximate surface area is 213 Å². The summed E-state index contributed by atoms with van der Waals surface area (Å²) in [6, 6.07) is 0. The molecule has 0 bridgehead atoms. The van der Waals surface area contributed by atoms with Crippen LogP contribution in [0.2, 0.25) is 0 Å². The molecule has 0 radical (unpaired) electrons. The van der Waals surface area contributed by atoms with Gasteiger partial charge in [-0.3, -0.25) is 0 Å². The van der Waals surface area contributed by atoms with E-state index in [9.17, 15) is 15.0 Å². The lowest BCUT2D eigenvalue weighted by atomic mass is 9.41. The molecule has 5 rings (SSSR count). The zero-order valence-electron chi connectivity index (χ0n) is 22.8. The highest BCUT2D eigenvalue weighted by Gasteiger charge is 2.64. The van der Waals surface area contributed by atoms with Gasteiger partial charge in [0.25, 0.3) is 0 Å². The van der Waals surface area contributed by atoms with Crippen molar-refractivity contribution in [3.63, 3.8) is 0 Å². The first-order valence-electron chi connectivity index (χ1n) is 15.0. The number of carbonyl (C=O) groups is 1. The van der Waals surface area contributed by atoms with Crippen molar-refractivity contribution < 1.29 is 19.7 Å². The molecule has 1 saturated heterocycles. The first kappa shape index (κ1) is 25.8. The van der Waals surface area contributed by atoms with Gasteiger partial charge in [-0.25, -0.2) is 4.79 Å². The van der Waals surface area contributed by atoms with Crippen molar-refractivity contribution in [2.75, 3.05) is 19.7 Å². The Kier molecular flexibility index (Phi) is 7.24. The zero-order valence-corrected chi connectivity index (χ0v) is 22.8. The number of aliphatic hydroxyl groups excluding tert-OH is 2. The van der Waals surface area contributed by atoms with Crippen molar-refractivity contribution in [2.45, 2.75) is 111 Å². The van der Waals surface area contributed by atoms with Crippen LogP contribution in [0.3, 0.4) is 0 Å². The maximum Gasteiger partial charge on any atom is 0.409 e. The third-order valence-corrected chi connectivity index (χ3v) is 12.2. The van der Waals surface area contributed by atoms with Gasteiger partial charge in [0.2, 0.25) is 0 Å². The van der Waals surface area contributed by atoms with Crippen LogP contribution < -0.4 is 0 Å². The van der Waals surface area contributed by atoms with Gasteiger partial charge in [-0.15, -0.1) is 0 Å². The Morgan fingerprint density at radius 3 is 2.37 bits per heavy atom. The van der Waals surface area contributed by atoms with Crippen LogP contribution in [0.25, 0.3) is 0 Å². The molecule has 0 aromatic rings. The monoisotopic (exact) mass is 489 g/mol. The van der Waals surface area contributed by atoms with E-state index in [1.807, 2.05) is 4.90 Å². The minimum atomic E-state index is -0.246.